The fourth-order valence-electron chi connectivity index (χ4n) is 17.5. The number of carbonyl (C=O) groups is 12. The fourth-order valence-corrected chi connectivity index (χ4v) is 17.5. The van der Waals surface area contributed by atoms with Crippen LogP contribution in [0.25, 0.3) is 0 Å². The third-order valence-corrected chi connectivity index (χ3v) is 25.0. The molecular formula is C77H118F8N12O13. The maximum Gasteiger partial charge on any atom is 0.397 e. The molecule has 33 heteroatoms. The molecule has 2 unspecified atom stereocenters. The molecule has 3 N–H and O–H groups in total. The van der Waals surface area contributed by atoms with Crippen molar-refractivity contribution < 1.29 is 97.4 Å². The second kappa shape index (κ2) is 38.1. The van der Waals surface area contributed by atoms with Gasteiger partial charge in [0.1, 0.15) is 72.1 Å². The first-order valence-corrected chi connectivity index (χ1v) is 39.8. The highest BCUT2D eigenvalue weighted by molar-refractivity contribution is 6.01. The van der Waals surface area contributed by atoms with Crippen molar-refractivity contribution in [2.75, 3.05) is 88.7 Å². The number of fused-ring (bicyclic) bond motifs is 3. The van der Waals surface area contributed by atoms with E-state index in [1.807, 2.05) is 6.92 Å². The maximum atomic E-state index is 15.7. The summed E-state index contributed by atoms with van der Waals surface area (Å²) in [6.07, 6.45) is -10.9. The Morgan fingerprint density at radius 2 is 1.26 bits per heavy atom. The number of amides is 12. The molecule has 0 radical (unpaired) electrons. The first-order valence-electron chi connectivity index (χ1n) is 39.8. The van der Waals surface area contributed by atoms with E-state index in [0.29, 0.717) is 44.9 Å². The summed E-state index contributed by atoms with van der Waals surface area (Å²) in [5.41, 5.74) is -1.69. The van der Waals surface area contributed by atoms with Crippen molar-refractivity contribution in [3.63, 3.8) is 0 Å². The van der Waals surface area contributed by atoms with Gasteiger partial charge in [-0.25, -0.2) is 8.78 Å². The Hall–Kier alpha value is -7.22. The molecule has 3 heterocycles. The van der Waals surface area contributed by atoms with E-state index in [-0.39, 0.29) is 109 Å². The van der Waals surface area contributed by atoms with Crippen molar-refractivity contribution in [2.24, 2.45) is 41.4 Å². The summed E-state index contributed by atoms with van der Waals surface area (Å²) in [6.45, 7) is 5.47. The molecule has 8 aliphatic rings. The normalized spacial score (nSPS) is 32.2. The lowest BCUT2D eigenvalue weighted by Crippen LogP contribution is -2.68. The molecule has 25 nitrogen and oxygen atoms in total. The predicted molar refractivity (Wildman–Crippen MR) is 388 cm³/mol. The average Bonchev–Trinajstić information content (AvgIpc) is 1.36. The number of likely N-dealkylation sites (N-methyl/N-ethyl adjacent to an activating group) is 7. The van der Waals surface area contributed by atoms with Crippen LogP contribution in [-0.2, 0) is 62.3 Å². The zero-order valence-electron chi connectivity index (χ0n) is 65.8. The van der Waals surface area contributed by atoms with E-state index >= 15 is 37.5 Å². The molecule has 620 valence electrons. The highest BCUT2D eigenvalue weighted by Crippen LogP contribution is 2.46. The Labute approximate surface area is 641 Å². The van der Waals surface area contributed by atoms with Crippen molar-refractivity contribution >= 4 is 70.9 Å². The first kappa shape index (κ1) is 88.3. The molecule has 5 saturated carbocycles. The van der Waals surface area contributed by atoms with E-state index in [9.17, 15) is 55.1 Å². The number of hydrogen-bond donors (Lipinski definition) is 3. The zero-order valence-corrected chi connectivity index (χ0v) is 65.8. The standard InChI is InChI=1S/C77H118F8N12O13/c1-12-34-89(5)69(104)58-40-61(99)92(8)55(14-3)66(101)87-64(45(4)13-2)72(107)91(7)43-62(100)93(9)56-23-16-15-19-35-96(71(56)106)59(38-46-26-29-50(30-27-46)76(80,81)82)70(105)90(6)42-60(98)86-54(31-28-48-36-52(78)63(53(79)37-48)77(83,84)85)68(103)97-41-51(110-44-47-24-25-47)39-57(97)67(102)88-75(32-20-33-75)74(109)95(11)65(73(108)94(58)10)49-21-17-18-22-49/h15-16,45-59,63-65H,12-14,17-44H2,1-11H3,(H,86,98)(H,87,101)(H,88,102)/b16-15-/t45-,46?,48?,50?,51+,52?,53?,54-,55-,56-,57-,58-,59-,63?,64-,65-/m0/s1. The smallest absolute Gasteiger partial charge is 0.376 e. The van der Waals surface area contributed by atoms with Gasteiger partial charge in [0.2, 0.25) is 70.9 Å². The lowest BCUT2D eigenvalue weighted by atomic mass is 9.74. The Kier molecular flexibility index (Phi) is 30.6. The van der Waals surface area contributed by atoms with E-state index in [4.69, 9.17) is 4.74 Å². The fraction of sp³-hybridized carbons (Fsp3) is 0.818. The van der Waals surface area contributed by atoms with Crippen LogP contribution in [0.3, 0.4) is 0 Å². The summed E-state index contributed by atoms with van der Waals surface area (Å²) in [5.74, 6) is -16.5. The summed E-state index contributed by atoms with van der Waals surface area (Å²) in [6, 6.07) is -11.3. The van der Waals surface area contributed by atoms with E-state index in [2.05, 4.69) is 16.0 Å². The summed E-state index contributed by atoms with van der Waals surface area (Å²) in [7, 11) is 9.55. The number of alkyl halides is 8. The van der Waals surface area contributed by atoms with Crippen molar-refractivity contribution in [1.29, 1.82) is 0 Å². The number of hydrogen-bond acceptors (Lipinski definition) is 13. The van der Waals surface area contributed by atoms with Crippen LogP contribution in [0.5, 0.6) is 0 Å². The molecule has 12 amide bonds. The van der Waals surface area contributed by atoms with Gasteiger partial charge in [-0.15, -0.1) is 0 Å². The molecule has 12 atom stereocenters. The van der Waals surface area contributed by atoms with E-state index in [1.165, 1.54) is 64.0 Å². The molecule has 110 heavy (non-hydrogen) atoms. The van der Waals surface area contributed by atoms with Gasteiger partial charge >= 0.3 is 12.4 Å². The van der Waals surface area contributed by atoms with Crippen LogP contribution in [0.1, 0.15) is 188 Å². The highest BCUT2D eigenvalue weighted by atomic mass is 19.4. The molecule has 0 aromatic carbocycles. The lowest BCUT2D eigenvalue weighted by molar-refractivity contribution is -0.219. The molecule has 0 aromatic rings. The third kappa shape index (κ3) is 21.4. The molecule has 8 rings (SSSR count). The van der Waals surface area contributed by atoms with Crippen LogP contribution in [0.4, 0.5) is 35.1 Å². The number of nitrogens with one attached hydrogen (secondary N) is 3. The number of halogens is 8. The molecule has 0 aromatic heterocycles. The van der Waals surface area contributed by atoms with Crippen molar-refractivity contribution in [2.45, 2.75) is 273 Å². The van der Waals surface area contributed by atoms with Crippen molar-refractivity contribution in [3.8, 4) is 0 Å². The van der Waals surface area contributed by atoms with Gasteiger partial charge in [-0.2, -0.15) is 26.3 Å². The minimum atomic E-state index is -5.22. The van der Waals surface area contributed by atoms with Crippen molar-refractivity contribution in [1.82, 2.24) is 60.0 Å². The summed E-state index contributed by atoms with van der Waals surface area (Å²) >= 11 is 0. The molecule has 7 fully saturated rings. The SMILES string of the molecule is CCCN(C)C(=O)[C@@H]1CC(=O)N(C)[C@@H](CC)C(=O)N[C@@H]([C@@H](C)CC)C(=O)N(C)CC(=O)N(C)[C@H]2C/C=C\CCN(C2=O)[C@@H](CC2CCC(C(F)(F)F)CC2)C(=O)N(C)CC(=O)N[C@@H](CCC2CC(F)C(C(F)(F)F)C(F)C2)C(=O)N2C[C@H](OCC3CC3)C[C@H]2C(=O)NC2(CCC2)C(=O)N(C)[C@@H](C2CCCC2)C(=O)N1C. The van der Waals surface area contributed by atoms with Gasteiger partial charge in [0.05, 0.1) is 31.5 Å². The van der Waals surface area contributed by atoms with Gasteiger partial charge in [-0.05, 0) is 158 Å². The van der Waals surface area contributed by atoms with Crippen LogP contribution < -0.4 is 16.0 Å². The molecule has 2 bridgehead atoms. The largest absolute Gasteiger partial charge is 0.397 e. The highest BCUT2D eigenvalue weighted by Gasteiger charge is 2.56. The molecule has 3 aliphatic heterocycles. The van der Waals surface area contributed by atoms with Gasteiger partial charge in [0, 0.05) is 82.0 Å². The monoisotopic (exact) mass is 1570 g/mol. The number of ether oxygens (including phenoxy) is 1. The maximum absolute atomic E-state index is 15.7. The Morgan fingerprint density at radius 3 is 1.84 bits per heavy atom. The predicted octanol–water partition coefficient (Wildman–Crippen LogP) is 6.89. The third-order valence-electron chi connectivity index (χ3n) is 25.0. The first-order chi connectivity index (χ1) is 51.8. The molecule has 1 spiro atoms. The van der Waals surface area contributed by atoms with Gasteiger partial charge in [-0.3, -0.25) is 57.5 Å². The van der Waals surface area contributed by atoms with Gasteiger partial charge in [0.25, 0.3) is 0 Å². The van der Waals surface area contributed by atoms with E-state index in [1.54, 1.807) is 32.9 Å². The minimum Gasteiger partial charge on any atom is -0.376 e. The topological polar surface area (TPSA) is 279 Å². The summed E-state index contributed by atoms with van der Waals surface area (Å²) < 4.78 is 122. The van der Waals surface area contributed by atoms with Gasteiger partial charge in [0.15, 0.2) is 0 Å². The number of rotatable bonds is 15. The molecule has 5 aliphatic carbocycles. The zero-order chi connectivity index (χ0) is 81.2. The second-order valence-corrected chi connectivity index (χ2v) is 32.8. The lowest BCUT2D eigenvalue weighted by Gasteiger charge is -2.46. The minimum absolute atomic E-state index is 0.00107. The van der Waals surface area contributed by atoms with Crippen LogP contribution in [0, 0.1) is 41.4 Å². The van der Waals surface area contributed by atoms with Gasteiger partial charge < -0.3 is 64.8 Å². The average molecular weight is 1570 g/mol. The Bertz CT molecular complexity index is 3300. The van der Waals surface area contributed by atoms with Crippen LogP contribution in [0.2, 0.25) is 0 Å². The second-order valence-electron chi connectivity index (χ2n) is 32.8. The Balaban J connectivity index is 1.20. The number of carbonyl (C=O) groups excluding carboxylic acids is 12. The van der Waals surface area contributed by atoms with Crippen molar-refractivity contribution in [3.05, 3.63) is 12.2 Å². The van der Waals surface area contributed by atoms with Crippen LogP contribution in [0.15, 0.2) is 12.2 Å². The Morgan fingerprint density at radius 1 is 0.636 bits per heavy atom. The van der Waals surface area contributed by atoms with E-state index in [0.717, 1.165) is 42.2 Å². The summed E-state index contributed by atoms with van der Waals surface area (Å²) in [5, 5.41) is 8.44. The quantitative estimate of drug-likeness (QED) is 0.111. The number of nitrogens with zero attached hydrogens (tertiary/aromatic N) is 9. The summed E-state index contributed by atoms with van der Waals surface area (Å²) in [4.78, 5) is 192. The van der Waals surface area contributed by atoms with Crippen LogP contribution >= 0.6 is 0 Å². The van der Waals surface area contributed by atoms with Gasteiger partial charge in [-0.1, -0.05) is 59.1 Å². The molecular weight excluding hydrogens is 1450 g/mol. The molecule has 2 saturated heterocycles. The van der Waals surface area contributed by atoms with E-state index < -0.39 is 230 Å². The van der Waals surface area contributed by atoms with Crippen LogP contribution in [-0.4, -0.2) is 288 Å².